The van der Waals surface area contributed by atoms with E-state index >= 15 is 0 Å². The van der Waals surface area contributed by atoms with Gasteiger partial charge < -0.3 is 14.0 Å². The average Bonchev–Trinajstić information content (AvgIpc) is 3.44. The SMILES string of the molecule is COc1cccc(-c2noc(COC(=O)c3cc4c(C)nn(CC(C)C)c4s3)n2)c1. The summed E-state index contributed by atoms with van der Waals surface area (Å²) in [5.74, 6) is 1.37. The molecule has 0 fully saturated rings. The first-order valence-corrected chi connectivity index (χ1v) is 10.4. The number of fused-ring (bicyclic) bond motifs is 1. The molecule has 0 aliphatic carbocycles. The third-order valence-electron chi connectivity index (χ3n) is 4.47. The minimum atomic E-state index is -0.423. The van der Waals surface area contributed by atoms with Crippen LogP contribution in [0.25, 0.3) is 21.6 Å². The van der Waals surface area contributed by atoms with Gasteiger partial charge in [0.2, 0.25) is 5.82 Å². The Kier molecular flexibility index (Phi) is 5.54. The van der Waals surface area contributed by atoms with Gasteiger partial charge in [0, 0.05) is 17.5 Å². The highest BCUT2D eigenvalue weighted by atomic mass is 32.1. The highest BCUT2D eigenvalue weighted by Crippen LogP contribution is 2.29. The molecule has 0 saturated heterocycles. The van der Waals surface area contributed by atoms with E-state index in [0.717, 1.165) is 28.0 Å². The zero-order valence-corrected chi connectivity index (χ0v) is 18.0. The molecule has 0 N–H and O–H groups in total. The molecule has 9 heteroatoms. The van der Waals surface area contributed by atoms with Crippen molar-refractivity contribution in [3.63, 3.8) is 0 Å². The maximum Gasteiger partial charge on any atom is 0.348 e. The first-order chi connectivity index (χ1) is 14.4. The summed E-state index contributed by atoms with van der Waals surface area (Å²) >= 11 is 1.38. The quantitative estimate of drug-likeness (QED) is 0.402. The van der Waals surface area contributed by atoms with Crippen molar-refractivity contribution in [3.05, 3.63) is 46.8 Å². The third kappa shape index (κ3) is 4.06. The Balaban J connectivity index is 1.45. The molecule has 0 amide bonds. The Hall–Kier alpha value is -3.20. The summed E-state index contributed by atoms with van der Waals surface area (Å²) in [4.78, 5) is 18.3. The van der Waals surface area contributed by atoms with E-state index in [4.69, 9.17) is 14.0 Å². The Morgan fingerprint density at radius 1 is 1.30 bits per heavy atom. The van der Waals surface area contributed by atoms with E-state index in [2.05, 4.69) is 29.1 Å². The van der Waals surface area contributed by atoms with Gasteiger partial charge in [-0.3, -0.25) is 4.68 Å². The van der Waals surface area contributed by atoms with Crippen molar-refractivity contribution in [3.8, 4) is 17.1 Å². The summed E-state index contributed by atoms with van der Waals surface area (Å²) < 4.78 is 17.8. The Morgan fingerprint density at radius 3 is 2.90 bits per heavy atom. The number of aromatic nitrogens is 4. The number of esters is 1. The lowest BCUT2D eigenvalue weighted by Crippen LogP contribution is -2.06. The van der Waals surface area contributed by atoms with Gasteiger partial charge in [0.1, 0.15) is 15.5 Å². The molecule has 0 unspecified atom stereocenters. The molecule has 8 nitrogen and oxygen atoms in total. The second-order valence-electron chi connectivity index (χ2n) is 7.31. The fourth-order valence-corrected chi connectivity index (χ4v) is 4.14. The largest absolute Gasteiger partial charge is 0.497 e. The van der Waals surface area contributed by atoms with Crippen LogP contribution < -0.4 is 4.74 Å². The summed E-state index contributed by atoms with van der Waals surface area (Å²) in [7, 11) is 1.59. The highest BCUT2D eigenvalue weighted by molar-refractivity contribution is 7.20. The molecular weight excluding hydrogens is 404 g/mol. The number of aryl methyl sites for hydroxylation is 1. The number of thiophene rings is 1. The molecule has 3 heterocycles. The monoisotopic (exact) mass is 426 g/mol. The molecule has 0 saturated carbocycles. The van der Waals surface area contributed by atoms with Gasteiger partial charge in [-0.05, 0) is 31.0 Å². The fraction of sp³-hybridized carbons (Fsp3) is 0.333. The van der Waals surface area contributed by atoms with Crippen LogP contribution >= 0.6 is 11.3 Å². The Morgan fingerprint density at radius 2 is 2.13 bits per heavy atom. The number of benzene rings is 1. The Labute approximate surface area is 177 Å². The number of methoxy groups -OCH3 is 1. The minimum absolute atomic E-state index is 0.0961. The van der Waals surface area contributed by atoms with Gasteiger partial charge in [-0.1, -0.05) is 31.1 Å². The maximum atomic E-state index is 12.5. The van der Waals surface area contributed by atoms with Crippen molar-refractivity contribution < 1.29 is 18.8 Å². The first kappa shape index (κ1) is 20.1. The van der Waals surface area contributed by atoms with Crippen LogP contribution in [0.15, 0.2) is 34.9 Å². The molecule has 4 rings (SSSR count). The van der Waals surface area contributed by atoms with E-state index in [9.17, 15) is 4.79 Å². The number of carbonyl (C=O) groups excluding carboxylic acids is 1. The van der Waals surface area contributed by atoms with E-state index in [1.54, 1.807) is 13.2 Å². The molecule has 0 atom stereocenters. The molecule has 156 valence electrons. The molecule has 0 radical (unpaired) electrons. The van der Waals surface area contributed by atoms with Gasteiger partial charge in [0.15, 0.2) is 6.61 Å². The standard InChI is InChI=1S/C21H22N4O4S/c1-12(2)10-25-20-16(13(3)23-25)9-17(30-20)21(26)28-11-18-22-19(24-29-18)14-6-5-7-15(8-14)27-4/h5-9,12H,10-11H2,1-4H3. The third-order valence-corrected chi connectivity index (χ3v) is 5.60. The zero-order chi connectivity index (χ0) is 21.3. The van der Waals surface area contributed by atoms with E-state index in [-0.39, 0.29) is 12.5 Å². The number of hydrogen-bond donors (Lipinski definition) is 0. The number of hydrogen-bond acceptors (Lipinski definition) is 8. The van der Waals surface area contributed by atoms with Crippen molar-refractivity contribution in [2.75, 3.05) is 7.11 Å². The van der Waals surface area contributed by atoms with Crippen LogP contribution in [0.1, 0.15) is 35.1 Å². The van der Waals surface area contributed by atoms with Crippen molar-refractivity contribution in [2.45, 2.75) is 33.9 Å². The van der Waals surface area contributed by atoms with Crippen molar-refractivity contribution in [1.82, 2.24) is 19.9 Å². The molecule has 3 aromatic heterocycles. The lowest BCUT2D eigenvalue weighted by Gasteiger charge is -2.04. The lowest BCUT2D eigenvalue weighted by molar-refractivity contribution is 0.0435. The van der Waals surface area contributed by atoms with Crippen LogP contribution in [0, 0.1) is 12.8 Å². The van der Waals surface area contributed by atoms with Gasteiger partial charge in [-0.2, -0.15) is 10.1 Å². The van der Waals surface area contributed by atoms with Crippen LogP contribution in [0.4, 0.5) is 0 Å². The van der Waals surface area contributed by atoms with E-state index < -0.39 is 5.97 Å². The molecule has 1 aromatic carbocycles. The van der Waals surface area contributed by atoms with Gasteiger partial charge >= 0.3 is 5.97 Å². The normalized spacial score (nSPS) is 11.4. The number of nitrogens with zero attached hydrogens (tertiary/aromatic N) is 4. The summed E-state index contributed by atoms with van der Waals surface area (Å²) in [6.45, 7) is 6.92. The molecule has 4 aromatic rings. The van der Waals surface area contributed by atoms with E-state index in [1.807, 2.05) is 35.9 Å². The molecule has 30 heavy (non-hydrogen) atoms. The number of carbonyl (C=O) groups is 1. The molecule has 0 bridgehead atoms. The molecule has 0 aliphatic rings. The summed E-state index contributed by atoms with van der Waals surface area (Å²) in [6.07, 6.45) is 0. The van der Waals surface area contributed by atoms with E-state index in [1.165, 1.54) is 11.3 Å². The molecule has 0 spiro atoms. The maximum absolute atomic E-state index is 12.5. The van der Waals surface area contributed by atoms with Gasteiger partial charge in [0.05, 0.1) is 12.8 Å². The van der Waals surface area contributed by atoms with E-state index in [0.29, 0.717) is 22.4 Å². The highest BCUT2D eigenvalue weighted by Gasteiger charge is 2.19. The van der Waals surface area contributed by atoms with Gasteiger partial charge in [-0.25, -0.2) is 4.79 Å². The zero-order valence-electron chi connectivity index (χ0n) is 17.2. The van der Waals surface area contributed by atoms with Crippen molar-refractivity contribution >= 4 is 27.5 Å². The number of ether oxygens (including phenoxy) is 2. The van der Waals surface area contributed by atoms with Crippen molar-refractivity contribution in [1.29, 1.82) is 0 Å². The summed E-state index contributed by atoms with van der Waals surface area (Å²) in [5, 5.41) is 9.49. The molecular formula is C21H22N4O4S. The Bertz CT molecular complexity index is 1190. The second-order valence-corrected chi connectivity index (χ2v) is 8.34. The van der Waals surface area contributed by atoms with Crippen LogP contribution in [0.5, 0.6) is 5.75 Å². The summed E-state index contributed by atoms with van der Waals surface area (Å²) in [5.41, 5.74) is 1.66. The van der Waals surface area contributed by atoms with Crippen LogP contribution in [0.2, 0.25) is 0 Å². The smallest absolute Gasteiger partial charge is 0.348 e. The summed E-state index contributed by atoms with van der Waals surface area (Å²) in [6, 6.07) is 9.16. The predicted octanol–water partition coefficient (Wildman–Crippen LogP) is 4.48. The number of rotatable bonds is 7. The predicted molar refractivity (Wildman–Crippen MR) is 113 cm³/mol. The topological polar surface area (TPSA) is 92.3 Å². The second kappa shape index (κ2) is 8.27. The van der Waals surface area contributed by atoms with Gasteiger partial charge in [-0.15, -0.1) is 11.3 Å². The minimum Gasteiger partial charge on any atom is -0.497 e. The molecule has 0 aliphatic heterocycles. The van der Waals surface area contributed by atoms with Crippen molar-refractivity contribution in [2.24, 2.45) is 5.92 Å². The van der Waals surface area contributed by atoms with Crippen LogP contribution in [-0.4, -0.2) is 33.0 Å². The average molecular weight is 426 g/mol. The lowest BCUT2D eigenvalue weighted by atomic mass is 10.2. The van der Waals surface area contributed by atoms with Crippen LogP contribution in [-0.2, 0) is 17.9 Å². The fourth-order valence-electron chi connectivity index (χ4n) is 3.07. The van der Waals surface area contributed by atoms with Gasteiger partial charge in [0.25, 0.3) is 5.89 Å². The van der Waals surface area contributed by atoms with Crippen LogP contribution in [0.3, 0.4) is 0 Å². The first-order valence-electron chi connectivity index (χ1n) is 9.55.